The van der Waals surface area contributed by atoms with E-state index in [1.807, 2.05) is 60.7 Å². The van der Waals surface area contributed by atoms with Crippen molar-refractivity contribution < 1.29 is 23.8 Å². The lowest BCUT2D eigenvalue weighted by Gasteiger charge is -2.26. The number of nitrogens with zero attached hydrogens (tertiary/aromatic N) is 2. The van der Waals surface area contributed by atoms with Crippen molar-refractivity contribution in [3.63, 3.8) is 0 Å². The summed E-state index contributed by atoms with van der Waals surface area (Å²) in [6.45, 7) is 1.59. The topological polar surface area (TPSA) is 70.1 Å². The Morgan fingerprint density at radius 3 is 2.34 bits per heavy atom. The Bertz CT molecular complexity index is 1200. The summed E-state index contributed by atoms with van der Waals surface area (Å²) in [5.41, 5.74) is 2.46. The van der Waals surface area contributed by atoms with Gasteiger partial charge in [-0.3, -0.25) is 9.69 Å². The molecule has 2 heterocycles. The summed E-state index contributed by atoms with van der Waals surface area (Å²) < 4.78 is 20.2. The molecule has 1 N–H and O–H groups in total. The number of rotatable bonds is 6. The molecule has 0 spiro atoms. The van der Waals surface area contributed by atoms with Gasteiger partial charge < -0.3 is 9.84 Å². The standard InChI is InChI=1S/C28H27FN2O4/c29-26-14-22(32)11-12-23(26)24-16-30(15-20-9-5-2-6-10-20)17-25(24)27(33)31-21(18-35-28(31)34)13-19-7-3-1-4-8-19/h1-12,14,21,24-25,32H,13,15-18H2/t21-,24-,25+/m0/s1. The van der Waals surface area contributed by atoms with Gasteiger partial charge in [0.05, 0.1) is 12.0 Å². The van der Waals surface area contributed by atoms with E-state index >= 15 is 0 Å². The van der Waals surface area contributed by atoms with E-state index in [1.54, 1.807) is 0 Å². The summed E-state index contributed by atoms with van der Waals surface area (Å²) in [6, 6.07) is 23.2. The maximum atomic E-state index is 14.9. The lowest BCUT2D eigenvalue weighted by molar-refractivity contribution is -0.133. The van der Waals surface area contributed by atoms with E-state index in [0.717, 1.165) is 17.2 Å². The van der Waals surface area contributed by atoms with Crippen molar-refractivity contribution in [2.75, 3.05) is 19.7 Å². The number of imide groups is 1. The molecule has 3 atom stereocenters. The smallest absolute Gasteiger partial charge is 0.416 e. The van der Waals surface area contributed by atoms with Gasteiger partial charge in [0.2, 0.25) is 5.91 Å². The van der Waals surface area contributed by atoms with Crippen LogP contribution in [0.25, 0.3) is 0 Å². The third-order valence-electron chi connectivity index (χ3n) is 6.86. The second kappa shape index (κ2) is 9.88. The average Bonchev–Trinajstić information content (AvgIpc) is 3.43. The second-order valence-corrected chi connectivity index (χ2v) is 9.23. The molecule has 2 fully saturated rings. The fourth-order valence-electron chi connectivity index (χ4n) is 5.18. The molecule has 6 nitrogen and oxygen atoms in total. The monoisotopic (exact) mass is 474 g/mol. The molecule has 2 saturated heterocycles. The molecule has 180 valence electrons. The SMILES string of the molecule is O=C1OC[C@H](Cc2ccccc2)N1C(=O)[C@@H]1CN(Cc2ccccc2)C[C@H]1c1ccc(O)cc1F. The number of ether oxygens (including phenoxy) is 1. The largest absolute Gasteiger partial charge is 0.508 e. The predicted molar refractivity (Wildman–Crippen MR) is 128 cm³/mol. The van der Waals surface area contributed by atoms with Crippen LogP contribution in [0, 0.1) is 11.7 Å². The Balaban J connectivity index is 1.42. The molecule has 7 heteroatoms. The van der Waals surface area contributed by atoms with Crippen LogP contribution in [-0.4, -0.2) is 52.6 Å². The number of aromatic hydroxyl groups is 1. The number of phenolic OH excluding ortho intramolecular Hbond substituents is 1. The molecule has 0 aromatic heterocycles. The third kappa shape index (κ3) is 4.91. The minimum absolute atomic E-state index is 0.137. The first kappa shape index (κ1) is 23.1. The lowest BCUT2D eigenvalue weighted by atomic mass is 9.87. The van der Waals surface area contributed by atoms with Crippen LogP contribution in [0.4, 0.5) is 9.18 Å². The summed E-state index contributed by atoms with van der Waals surface area (Å²) >= 11 is 0. The zero-order valence-electron chi connectivity index (χ0n) is 19.2. The molecule has 2 aliphatic heterocycles. The van der Waals surface area contributed by atoms with Crippen LogP contribution in [0.5, 0.6) is 5.75 Å². The lowest BCUT2D eigenvalue weighted by Crippen LogP contribution is -2.45. The number of carbonyl (C=O) groups excluding carboxylic acids is 2. The van der Waals surface area contributed by atoms with Gasteiger partial charge in [-0.05, 0) is 29.2 Å². The van der Waals surface area contributed by atoms with Gasteiger partial charge in [-0.15, -0.1) is 0 Å². The highest BCUT2D eigenvalue weighted by Crippen LogP contribution is 2.38. The molecule has 2 amide bonds. The van der Waals surface area contributed by atoms with Crippen molar-refractivity contribution in [2.24, 2.45) is 5.92 Å². The average molecular weight is 475 g/mol. The van der Waals surface area contributed by atoms with Crippen LogP contribution in [0.2, 0.25) is 0 Å². The van der Waals surface area contributed by atoms with Gasteiger partial charge >= 0.3 is 6.09 Å². The Kier molecular flexibility index (Phi) is 6.51. The normalized spacial score (nSPS) is 22.4. The molecule has 0 saturated carbocycles. The summed E-state index contributed by atoms with van der Waals surface area (Å²) in [5, 5.41) is 9.70. The Morgan fingerprint density at radius 2 is 1.66 bits per heavy atom. The van der Waals surface area contributed by atoms with Crippen molar-refractivity contribution in [3.8, 4) is 5.75 Å². The first-order valence-electron chi connectivity index (χ1n) is 11.8. The number of likely N-dealkylation sites (tertiary alicyclic amines) is 1. The second-order valence-electron chi connectivity index (χ2n) is 9.23. The van der Waals surface area contributed by atoms with Crippen molar-refractivity contribution in [1.82, 2.24) is 9.80 Å². The predicted octanol–water partition coefficient (Wildman–Crippen LogP) is 4.34. The quantitative estimate of drug-likeness (QED) is 0.576. The summed E-state index contributed by atoms with van der Waals surface area (Å²) in [5.74, 6) is -2.15. The van der Waals surface area contributed by atoms with Crippen LogP contribution in [0.3, 0.4) is 0 Å². The number of hydrogen-bond donors (Lipinski definition) is 1. The van der Waals surface area contributed by atoms with E-state index in [2.05, 4.69) is 4.90 Å². The highest BCUT2D eigenvalue weighted by Gasteiger charge is 2.47. The Labute approximate surface area is 203 Å². The maximum Gasteiger partial charge on any atom is 0.416 e. The van der Waals surface area contributed by atoms with E-state index < -0.39 is 29.8 Å². The van der Waals surface area contributed by atoms with E-state index in [1.165, 1.54) is 17.0 Å². The van der Waals surface area contributed by atoms with Crippen LogP contribution in [0.1, 0.15) is 22.6 Å². The summed E-state index contributed by atoms with van der Waals surface area (Å²) in [6.07, 6.45) is -0.154. The molecular weight excluding hydrogens is 447 g/mol. The summed E-state index contributed by atoms with van der Waals surface area (Å²) in [7, 11) is 0. The molecule has 0 unspecified atom stereocenters. The number of halogens is 1. The van der Waals surface area contributed by atoms with Crippen LogP contribution >= 0.6 is 0 Å². The van der Waals surface area contributed by atoms with Gasteiger partial charge in [0.15, 0.2) is 0 Å². The van der Waals surface area contributed by atoms with Gasteiger partial charge in [-0.25, -0.2) is 14.1 Å². The van der Waals surface area contributed by atoms with E-state index in [4.69, 9.17) is 4.74 Å². The number of amides is 2. The van der Waals surface area contributed by atoms with Crippen molar-refractivity contribution >= 4 is 12.0 Å². The van der Waals surface area contributed by atoms with Crippen molar-refractivity contribution in [3.05, 3.63) is 101 Å². The minimum Gasteiger partial charge on any atom is -0.508 e. The van der Waals surface area contributed by atoms with Crippen molar-refractivity contribution in [2.45, 2.75) is 24.9 Å². The van der Waals surface area contributed by atoms with Gasteiger partial charge in [0, 0.05) is 31.6 Å². The van der Waals surface area contributed by atoms with Gasteiger partial charge in [0.25, 0.3) is 0 Å². The maximum absolute atomic E-state index is 14.9. The molecule has 0 bridgehead atoms. The molecule has 0 radical (unpaired) electrons. The van der Waals surface area contributed by atoms with E-state index in [0.29, 0.717) is 31.6 Å². The number of cyclic esters (lactones) is 1. The first-order chi connectivity index (χ1) is 17.0. The highest BCUT2D eigenvalue weighted by atomic mass is 19.1. The molecule has 35 heavy (non-hydrogen) atoms. The minimum atomic E-state index is -0.651. The van der Waals surface area contributed by atoms with Gasteiger partial charge in [0.1, 0.15) is 18.2 Å². The number of phenols is 1. The summed E-state index contributed by atoms with van der Waals surface area (Å²) in [4.78, 5) is 29.9. The number of benzene rings is 3. The number of hydrogen-bond acceptors (Lipinski definition) is 5. The van der Waals surface area contributed by atoms with Gasteiger partial charge in [-0.2, -0.15) is 0 Å². The van der Waals surface area contributed by atoms with E-state index in [9.17, 15) is 19.1 Å². The number of carbonyl (C=O) groups is 2. The molecule has 2 aliphatic rings. The third-order valence-corrected chi connectivity index (χ3v) is 6.86. The molecule has 3 aromatic carbocycles. The zero-order chi connectivity index (χ0) is 24.4. The molecule has 0 aliphatic carbocycles. The van der Waals surface area contributed by atoms with E-state index in [-0.39, 0.29) is 18.3 Å². The van der Waals surface area contributed by atoms with Gasteiger partial charge in [-0.1, -0.05) is 66.7 Å². The molecule has 5 rings (SSSR count). The van der Waals surface area contributed by atoms with Crippen molar-refractivity contribution in [1.29, 1.82) is 0 Å². The first-order valence-corrected chi connectivity index (χ1v) is 11.8. The molecule has 3 aromatic rings. The van der Waals surface area contributed by atoms with Crippen LogP contribution in [0.15, 0.2) is 78.9 Å². The molecular formula is C28H27FN2O4. The Hall–Kier alpha value is -3.71. The highest BCUT2D eigenvalue weighted by molar-refractivity contribution is 5.95. The fraction of sp³-hybridized carbons (Fsp3) is 0.286. The Morgan fingerprint density at radius 1 is 0.971 bits per heavy atom. The van der Waals surface area contributed by atoms with Crippen LogP contribution < -0.4 is 0 Å². The zero-order valence-corrected chi connectivity index (χ0v) is 19.2. The van der Waals surface area contributed by atoms with Crippen LogP contribution in [-0.2, 0) is 22.5 Å². The fourth-order valence-corrected chi connectivity index (χ4v) is 5.18.